The van der Waals surface area contributed by atoms with E-state index in [0.717, 1.165) is 0 Å². The van der Waals surface area contributed by atoms with Crippen molar-refractivity contribution in [2.24, 2.45) is 0 Å². The average molecular weight is 246 g/mol. The minimum atomic E-state index is -0.304. The number of methoxy groups -OCH3 is 1. The topological polar surface area (TPSA) is 89.0 Å². The second-order valence-corrected chi connectivity index (χ2v) is 3.09. The number of ether oxygens (including phenoxy) is 1. The Morgan fingerprint density at radius 1 is 1.38 bits per heavy atom. The molecule has 0 unspecified atom stereocenters. The Balaban J connectivity index is 2.53. The van der Waals surface area contributed by atoms with Gasteiger partial charge in [-0.15, -0.1) is 0 Å². The van der Waals surface area contributed by atoms with E-state index in [0.29, 0.717) is 18.4 Å². The molecule has 0 spiro atoms. The Morgan fingerprint density at radius 3 is 2.69 bits per heavy atom. The Morgan fingerprint density at radius 2 is 2.06 bits per heavy atom. The SMILES string of the molecule is CNc1nc(Cl)nc(NCCC(=O)OC)n1. The van der Waals surface area contributed by atoms with Gasteiger partial charge in [-0.25, -0.2) is 0 Å². The van der Waals surface area contributed by atoms with Crippen LogP contribution in [-0.4, -0.2) is 41.6 Å². The van der Waals surface area contributed by atoms with Gasteiger partial charge >= 0.3 is 5.97 Å². The van der Waals surface area contributed by atoms with Crippen molar-refractivity contribution in [1.82, 2.24) is 15.0 Å². The highest BCUT2D eigenvalue weighted by Gasteiger charge is 2.04. The second kappa shape index (κ2) is 6.06. The summed E-state index contributed by atoms with van der Waals surface area (Å²) in [6.07, 6.45) is 0.231. The van der Waals surface area contributed by atoms with Gasteiger partial charge < -0.3 is 15.4 Å². The van der Waals surface area contributed by atoms with E-state index in [1.807, 2.05) is 0 Å². The molecule has 1 aromatic rings. The van der Waals surface area contributed by atoms with Crippen molar-refractivity contribution < 1.29 is 9.53 Å². The number of rotatable bonds is 5. The summed E-state index contributed by atoms with van der Waals surface area (Å²) in [7, 11) is 3.01. The summed E-state index contributed by atoms with van der Waals surface area (Å²) >= 11 is 5.66. The second-order valence-electron chi connectivity index (χ2n) is 2.75. The fraction of sp³-hybridized carbons (Fsp3) is 0.500. The largest absolute Gasteiger partial charge is 0.469 e. The number of carbonyl (C=O) groups is 1. The first-order valence-electron chi connectivity index (χ1n) is 4.55. The Labute approximate surface area is 97.6 Å². The van der Waals surface area contributed by atoms with Crippen LogP contribution in [0, 0.1) is 0 Å². The van der Waals surface area contributed by atoms with Crippen molar-refractivity contribution >= 4 is 29.5 Å². The molecule has 0 aliphatic carbocycles. The molecule has 0 fully saturated rings. The van der Waals surface area contributed by atoms with Crippen LogP contribution in [0.1, 0.15) is 6.42 Å². The lowest BCUT2D eigenvalue weighted by Gasteiger charge is -2.05. The van der Waals surface area contributed by atoms with Crippen LogP contribution in [0.5, 0.6) is 0 Å². The van der Waals surface area contributed by atoms with E-state index >= 15 is 0 Å². The first-order chi connectivity index (χ1) is 7.65. The van der Waals surface area contributed by atoms with E-state index in [-0.39, 0.29) is 17.7 Å². The van der Waals surface area contributed by atoms with Gasteiger partial charge in [0.05, 0.1) is 13.5 Å². The molecule has 1 rings (SSSR count). The summed E-state index contributed by atoms with van der Waals surface area (Å²) in [4.78, 5) is 22.5. The fourth-order valence-corrected chi connectivity index (χ4v) is 1.08. The molecule has 8 heteroatoms. The number of esters is 1. The van der Waals surface area contributed by atoms with Crippen LogP contribution < -0.4 is 10.6 Å². The lowest BCUT2D eigenvalue weighted by Crippen LogP contribution is -2.12. The van der Waals surface area contributed by atoms with Crippen LogP contribution >= 0.6 is 11.6 Å². The molecule has 0 amide bonds. The third-order valence-corrected chi connectivity index (χ3v) is 1.84. The zero-order valence-corrected chi connectivity index (χ0v) is 9.71. The number of aromatic nitrogens is 3. The van der Waals surface area contributed by atoms with Gasteiger partial charge in [0.25, 0.3) is 0 Å². The van der Waals surface area contributed by atoms with Crippen LogP contribution in [0.4, 0.5) is 11.9 Å². The summed E-state index contributed by atoms with van der Waals surface area (Å²) in [5.74, 6) is 0.371. The Hall–Kier alpha value is -1.63. The Bertz CT molecular complexity index is 373. The van der Waals surface area contributed by atoms with E-state index in [9.17, 15) is 4.79 Å². The van der Waals surface area contributed by atoms with E-state index in [2.05, 4.69) is 30.3 Å². The van der Waals surface area contributed by atoms with Crippen LogP contribution in [0.2, 0.25) is 5.28 Å². The maximum Gasteiger partial charge on any atom is 0.307 e. The molecule has 0 bridgehead atoms. The molecule has 2 N–H and O–H groups in total. The van der Waals surface area contributed by atoms with Crippen molar-refractivity contribution in [3.63, 3.8) is 0 Å². The summed E-state index contributed by atoms with van der Waals surface area (Å²) < 4.78 is 4.49. The predicted molar refractivity (Wildman–Crippen MR) is 59.5 cm³/mol. The quantitative estimate of drug-likeness (QED) is 0.732. The zero-order chi connectivity index (χ0) is 12.0. The fourth-order valence-electron chi connectivity index (χ4n) is 0.919. The molecule has 16 heavy (non-hydrogen) atoms. The number of halogens is 1. The molecule has 1 heterocycles. The molecule has 88 valence electrons. The smallest absolute Gasteiger partial charge is 0.307 e. The highest BCUT2D eigenvalue weighted by atomic mass is 35.5. The van der Waals surface area contributed by atoms with Gasteiger partial charge in [-0.05, 0) is 11.6 Å². The first kappa shape index (κ1) is 12.4. The van der Waals surface area contributed by atoms with E-state index in [4.69, 9.17) is 11.6 Å². The Kier molecular flexibility index (Phi) is 4.71. The highest BCUT2D eigenvalue weighted by Crippen LogP contribution is 2.08. The summed E-state index contributed by atoms with van der Waals surface area (Å²) in [6.45, 7) is 0.371. The van der Waals surface area contributed by atoms with Gasteiger partial charge in [0.2, 0.25) is 17.2 Å². The molecule has 0 aromatic carbocycles. The molecule has 7 nitrogen and oxygen atoms in total. The van der Waals surface area contributed by atoms with Crippen LogP contribution in [0.25, 0.3) is 0 Å². The van der Waals surface area contributed by atoms with Gasteiger partial charge in [-0.2, -0.15) is 15.0 Å². The molecule has 0 aliphatic heterocycles. The lowest BCUT2D eigenvalue weighted by molar-refractivity contribution is -0.140. The maximum atomic E-state index is 10.8. The molecule has 0 atom stereocenters. The van der Waals surface area contributed by atoms with Gasteiger partial charge in [-0.1, -0.05) is 0 Å². The first-order valence-corrected chi connectivity index (χ1v) is 4.93. The number of nitrogens with one attached hydrogen (secondary N) is 2. The monoisotopic (exact) mass is 245 g/mol. The summed E-state index contributed by atoms with van der Waals surface area (Å²) in [5, 5.41) is 5.66. The van der Waals surface area contributed by atoms with Crippen molar-refractivity contribution in [3.8, 4) is 0 Å². The number of nitrogens with zero attached hydrogens (tertiary/aromatic N) is 3. The van der Waals surface area contributed by atoms with Gasteiger partial charge in [0.15, 0.2) is 0 Å². The molecule has 0 saturated carbocycles. The van der Waals surface area contributed by atoms with Gasteiger partial charge in [0.1, 0.15) is 0 Å². The molecule has 1 aromatic heterocycles. The zero-order valence-electron chi connectivity index (χ0n) is 8.95. The standard InChI is InChI=1S/C8H12ClN5O2/c1-10-7-12-6(9)13-8(14-7)11-4-3-5(15)16-2/h3-4H2,1-2H3,(H2,10,11,12,13,14). The minimum Gasteiger partial charge on any atom is -0.469 e. The molecule has 0 aliphatic rings. The van der Waals surface area contributed by atoms with E-state index < -0.39 is 0 Å². The van der Waals surface area contributed by atoms with Crippen LogP contribution in [0.3, 0.4) is 0 Å². The number of hydrogen-bond acceptors (Lipinski definition) is 7. The predicted octanol–water partition coefficient (Wildman–Crippen LogP) is 0.542. The summed E-state index contributed by atoms with van der Waals surface area (Å²) in [6, 6.07) is 0. The van der Waals surface area contributed by atoms with E-state index in [1.165, 1.54) is 7.11 Å². The highest BCUT2D eigenvalue weighted by molar-refractivity contribution is 6.28. The minimum absolute atomic E-state index is 0.0833. The van der Waals surface area contributed by atoms with E-state index in [1.54, 1.807) is 7.05 Å². The number of anilines is 2. The summed E-state index contributed by atoms with van der Waals surface area (Å²) in [5.41, 5.74) is 0. The third kappa shape index (κ3) is 3.85. The maximum absolute atomic E-state index is 10.8. The molecule has 0 radical (unpaired) electrons. The van der Waals surface area contributed by atoms with Crippen molar-refractivity contribution in [1.29, 1.82) is 0 Å². The lowest BCUT2D eigenvalue weighted by atomic mass is 10.4. The molecular formula is C8H12ClN5O2. The normalized spacial score (nSPS) is 9.69. The number of hydrogen-bond donors (Lipinski definition) is 2. The van der Waals surface area contributed by atoms with Crippen molar-refractivity contribution in [2.45, 2.75) is 6.42 Å². The van der Waals surface area contributed by atoms with Crippen LogP contribution in [-0.2, 0) is 9.53 Å². The van der Waals surface area contributed by atoms with Crippen molar-refractivity contribution in [3.05, 3.63) is 5.28 Å². The average Bonchev–Trinajstić information content (AvgIpc) is 2.28. The van der Waals surface area contributed by atoms with Gasteiger partial charge in [-0.3, -0.25) is 4.79 Å². The molecular weight excluding hydrogens is 234 g/mol. The van der Waals surface area contributed by atoms with Crippen molar-refractivity contribution in [2.75, 3.05) is 31.3 Å². The van der Waals surface area contributed by atoms with Gasteiger partial charge in [0, 0.05) is 13.6 Å². The van der Waals surface area contributed by atoms with Crippen LogP contribution in [0.15, 0.2) is 0 Å². The molecule has 0 saturated heterocycles. The number of carbonyl (C=O) groups excluding carboxylic acids is 1. The third-order valence-electron chi connectivity index (χ3n) is 1.67.